The van der Waals surface area contributed by atoms with Gasteiger partial charge in [-0.15, -0.1) is 0 Å². The number of carboxylic acids is 1. The van der Waals surface area contributed by atoms with Crippen molar-refractivity contribution in [3.05, 3.63) is 0 Å². The molecule has 0 aromatic heterocycles. The highest BCUT2D eigenvalue weighted by molar-refractivity contribution is 5.75. The monoisotopic (exact) mass is 282 g/mol. The van der Waals surface area contributed by atoms with Crippen molar-refractivity contribution in [1.82, 2.24) is 9.80 Å². The Labute approximate surface area is 120 Å². The van der Waals surface area contributed by atoms with Gasteiger partial charge in [0, 0.05) is 38.3 Å². The van der Waals surface area contributed by atoms with Gasteiger partial charge in [0.05, 0.1) is 6.61 Å². The lowest BCUT2D eigenvalue weighted by Gasteiger charge is -2.46. The van der Waals surface area contributed by atoms with Gasteiger partial charge < -0.3 is 9.84 Å². The molecule has 3 aliphatic heterocycles. The molecule has 114 valence electrons. The van der Waals surface area contributed by atoms with E-state index in [1.54, 1.807) is 0 Å². The van der Waals surface area contributed by atoms with Gasteiger partial charge in [0.15, 0.2) is 0 Å². The van der Waals surface area contributed by atoms with E-state index in [1.165, 1.54) is 19.4 Å². The predicted octanol–water partition coefficient (Wildman–Crippen LogP) is 1.04. The Balaban J connectivity index is 1.69. The van der Waals surface area contributed by atoms with Crippen LogP contribution >= 0.6 is 0 Å². The Hall–Kier alpha value is -0.650. The van der Waals surface area contributed by atoms with E-state index in [1.807, 2.05) is 0 Å². The Morgan fingerprint density at radius 3 is 2.95 bits per heavy atom. The minimum absolute atomic E-state index is 0.375. The van der Waals surface area contributed by atoms with E-state index < -0.39 is 11.4 Å². The van der Waals surface area contributed by atoms with Crippen molar-refractivity contribution in [3.8, 4) is 0 Å². The van der Waals surface area contributed by atoms with Crippen LogP contribution in [0.4, 0.5) is 0 Å². The highest BCUT2D eigenvalue weighted by atomic mass is 16.5. The number of ether oxygens (including phenoxy) is 1. The second-order valence-electron chi connectivity index (χ2n) is 6.81. The van der Waals surface area contributed by atoms with Crippen LogP contribution in [0.5, 0.6) is 0 Å². The maximum Gasteiger partial charge on any atom is 0.313 e. The van der Waals surface area contributed by atoms with Crippen molar-refractivity contribution in [2.24, 2.45) is 5.41 Å². The van der Waals surface area contributed by atoms with E-state index in [9.17, 15) is 9.90 Å². The van der Waals surface area contributed by atoms with Gasteiger partial charge in [-0.2, -0.15) is 0 Å². The average molecular weight is 282 g/mol. The fraction of sp³-hybridized carbons (Fsp3) is 0.933. The number of piperazine rings is 1. The number of nitrogens with zero attached hydrogens (tertiary/aromatic N) is 2. The van der Waals surface area contributed by atoms with Crippen LogP contribution in [0.3, 0.4) is 0 Å². The summed E-state index contributed by atoms with van der Waals surface area (Å²) in [5, 5.41) is 9.68. The Morgan fingerprint density at radius 2 is 2.25 bits per heavy atom. The van der Waals surface area contributed by atoms with E-state index in [0.29, 0.717) is 31.8 Å². The van der Waals surface area contributed by atoms with Gasteiger partial charge in [-0.05, 0) is 39.2 Å². The molecule has 0 spiro atoms. The first-order valence-electron chi connectivity index (χ1n) is 7.90. The lowest BCUT2D eigenvalue weighted by atomic mass is 9.81. The van der Waals surface area contributed by atoms with Crippen LogP contribution < -0.4 is 0 Å². The third kappa shape index (κ3) is 2.59. The smallest absolute Gasteiger partial charge is 0.313 e. The maximum absolute atomic E-state index is 11.8. The molecule has 3 atom stereocenters. The van der Waals surface area contributed by atoms with Crippen molar-refractivity contribution >= 4 is 5.97 Å². The summed E-state index contributed by atoms with van der Waals surface area (Å²) in [6.07, 6.45) is 4.17. The molecule has 3 heterocycles. The lowest BCUT2D eigenvalue weighted by molar-refractivity contribution is -0.161. The van der Waals surface area contributed by atoms with Crippen LogP contribution in [-0.2, 0) is 9.53 Å². The van der Waals surface area contributed by atoms with Crippen LogP contribution in [0.25, 0.3) is 0 Å². The van der Waals surface area contributed by atoms with Gasteiger partial charge in [-0.3, -0.25) is 14.6 Å². The largest absolute Gasteiger partial charge is 0.481 e. The third-order valence-corrected chi connectivity index (χ3v) is 5.35. The number of hydrogen-bond acceptors (Lipinski definition) is 4. The van der Waals surface area contributed by atoms with E-state index in [0.717, 1.165) is 25.9 Å². The second-order valence-corrected chi connectivity index (χ2v) is 6.81. The zero-order valence-electron chi connectivity index (χ0n) is 12.4. The molecule has 3 rings (SSSR count). The summed E-state index contributed by atoms with van der Waals surface area (Å²) in [6, 6.07) is 1.09. The van der Waals surface area contributed by atoms with Crippen molar-refractivity contribution in [2.45, 2.75) is 44.7 Å². The summed E-state index contributed by atoms with van der Waals surface area (Å²) in [7, 11) is 0. The minimum Gasteiger partial charge on any atom is -0.481 e. The summed E-state index contributed by atoms with van der Waals surface area (Å²) >= 11 is 0. The molecule has 0 bridgehead atoms. The molecule has 0 amide bonds. The number of hydrogen-bond donors (Lipinski definition) is 1. The van der Waals surface area contributed by atoms with Crippen molar-refractivity contribution in [2.75, 3.05) is 39.4 Å². The first-order valence-corrected chi connectivity index (χ1v) is 7.90. The summed E-state index contributed by atoms with van der Waals surface area (Å²) in [5.74, 6) is -0.682. The summed E-state index contributed by atoms with van der Waals surface area (Å²) in [5.41, 5.74) is -0.687. The molecule has 20 heavy (non-hydrogen) atoms. The molecule has 0 radical (unpaired) electrons. The second kappa shape index (κ2) is 5.62. The molecule has 3 aliphatic rings. The number of carbonyl (C=O) groups is 1. The fourth-order valence-corrected chi connectivity index (χ4v) is 4.07. The quantitative estimate of drug-likeness (QED) is 0.838. The first-order chi connectivity index (χ1) is 9.61. The van der Waals surface area contributed by atoms with Gasteiger partial charge in [0.25, 0.3) is 0 Å². The molecule has 1 N–H and O–H groups in total. The van der Waals surface area contributed by atoms with Crippen LogP contribution in [0, 0.1) is 5.41 Å². The van der Waals surface area contributed by atoms with Crippen LogP contribution in [-0.4, -0.2) is 72.4 Å². The lowest BCUT2D eigenvalue weighted by Crippen LogP contribution is -2.59. The van der Waals surface area contributed by atoms with E-state index >= 15 is 0 Å². The van der Waals surface area contributed by atoms with Crippen molar-refractivity contribution in [3.63, 3.8) is 0 Å². The molecule has 0 aromatic rings. The number of aliphatic carboxylic acids is 1. The third-order valence-electron chi connectivity index (χ3n) is 5.35. The maximum atomic E-state index is 11.8. The van der Waals surface area contributed by atoms with Crippen LogP contribution in [0.2, 0.25) is 0 Å². The van der Waals surface area contributed by atoms with Gasteiger partial charge in [-0.1, -0.05) is 0 Å². The topological polar surface area (TPSA) is 53.0 Å². The van der Waals surface area contributed by atoms with Crippen LogP contribution in [0.1, 0.15) is 32.6 Å². The SMILES string of the molecule is CC1CN2CCCC2CN1CC1(C(=O)O)CCCOC1. The standard InChI is InChI=1S/C15H26N2O3/c1-12-8-16-6-2-4-13(16)9-17(12)10-15(14(18)19)5-3-7-20-11-15/h12-13H,2-11H2,1H3,(H,18,19). The van der Waals surface area contributed by atoms with Gasteiger partial charge in [0.2, 0.25) is 0 Å². The average Bonchev–Trinajstić information content (AvgIpc) is 2.87. The Morgan fingerprint density at radius 1 is 1.40 bits per heavy atom. The minimum atomic E-state index is -0.687. The molecule has 0 saturated carbocycles. The molecule has 3 unspecified atom stereocenters. The molecule has 0 aromatic carbocycles. The summed E-state index contributed by atoms with van der Waals surface area (Å²) in [6.45, 7) is 7.29. The molecule has 5 heteroatoms. The van der Waals surface area contributed by atoms with E-state index in [-0.39, 0.29) is 0 Å². The Bertz CT molecular complexity index is 368. The number of fused-ring (bicyclic) bond motifs is 1. The molecule has 3 saturated heterocycles. The normalized spacial score (nSPS) is 39.6. The highest BCUT2D eigenvalue weighted by Crippen LogP contribution is 2.33. The molecule has 0 aliphatic carbocycles. The van der Waals surface area contributed by atoms with E-state index in [4.69, 9.17) is 4.74 Å². The highest BCUT2D eigenvalue weighted by Gasteiger charge is 2.45. The number of carboxylic acid groups (broad SMARTS) is 1. The van der Waals surface area contributed by atoms with Crippen LogP contribution in [0.15, 0.2) is 0 Å². The van der Waals surface area contributed by atoms with Gasteiger partial charge in [0.1, 0.15) is 5.41 Å². The Kier molecular flexibility index (Phi) is 4.02. The molecule has 5 nitrogen and oxygen atoms in total. The molecule has 3 fully saturated rings. The van der Waals surface area contributed by atoms with E-state index in [2.05, 4.69) is 16.7 Å². The van der Waals surface area contributed by atoms with Gasteiger partial charge in [-0.25, -0.2) is 0 Å². The van der Waals surface area contributed by atoms with Crippen molar-refractivity contribution in [1.29, 1.82) is 0 Å². The molecular formula is C15H26N2O3. The zero-order valence-corrected chi connectivity index (χ0v) is 12.4. The van der Waals surface area contributed by atoms with Crippen molar-refractivity contribution < 1.29 is 14.6 Å². The van der Waals surface area contributed by atoms with Gasteiger partial charge >= 0.3 is 5.97 Å². The zero-order chi connectivity index (χ0) is 14.2. The first kappa shape index (κ1) is 14.3. The molecular weight excluding hydrogens is 256 g/mol. The summed E-state index contributed by atoms with van der Waals surface area (Å²) in [4.78, 5) is 16.7. The summed E-state index contributed by atoms with van der Waals surface area (Å²) < 4.78 is 5.49. The predicted molar refractivity (Wildman–Crippen MR) is 75.8 cm³/mol. The fourth-order valence-electron chi connectivity index (χ4n) is 4.07. The number of rotatable bonds is 3.